The van der Waals surface area contributed by atoms with Gasteiger partial charge in [0.05, 0.1) is 11.0 Å². The van der Waals surface area contributed by atoms with E-state index in [2.05, 4.69) is 30.8 Å². The molecule has 4 rings (SSSR count). The second-order valence-electron chi connectivity index (χ2n) is 5.97. The van der Waals surface area contributed by atoms with Crippen LogP contribution in [0.15, 0.2) is 54.6 Å². The summed E-state index contributed by atoms with van der Waals surface area (Å²) in [4.78, 5) is 20.5. The van der Waals surface area contributed by atoms with Crippen molar-refractivity contribution >= 4 is 22.9 Å². The lowest BCUT2D eigenvalue weighted by Gasteiger charge is -2.16. The van der Waals surface area contributed by atoms with Crippen LogP contribution in [0.25, 0.3) is 11.0 Å². The Morgan fingerprint density at radius 1 is 1.15 bits per heavy atom. The maximum Gasteiger partial charge on any atom is 0.252 e. The summed E-state index contributed by atoms with van der Waals surface area (Å²) in [6, 6.07) is 16.8. The highest BCUT2D eigenvalue weighted by atomic mass is 16.2. The number of aromatic nitrogens is 6. The first-order valence-electron chi connectivity index (χ1n) is 8.25. The van der Waals surface area contributed by atoms with E-state index in [1.54, 1.807) is 6.92 Å². The molecule has 26 heavy (non-hydrogen) atoms. The van der Waals surface area contributed by atoms with Crippen molar-refractivity contribution in [3.05, 3.63) is 66.0 Å². The Morgan fingerprint density at radius 3 is 2.65 bits per heavy atom. The topological polar surface area (TPSA) is 101 Å². The number of anilines is 1. The minimum absolute atomic E-state index is 0.233. The molecule has 2 N–H and O–H groups in total. The number of aryl methyl sites for hydroxylation is 1. The number of benzene rings is 2. The van der Waals surface area contributed by atoms with E-state index in [0.29, 0.717) is 18.2 Å². The highest BCUT2D eigenvalue weighted by Crippen LogP contribution is 2.18. The van der Waals surface area contributed by atoms with Gasteiger partial charge in [0.25, 0.3) is 5.91 Å². The van der Waals surface area contributed by atoms with Crippen LogP contribution in [0.2, 0.25) is 0 Å². The zero-order chi connectivity index (χ0) is 17.9. The summed E-state index contributed by atoms with van der Waals surface area (Å²) in [5.41, 5.74) is 2.68. The fourth-order valence-electron chi connectivity index (χ4n) is 2.87. The average Bonchev–Trinajstić information content (AvgIpc) is 3.25. The van der Waals surface area contributed by atoms with Crippen LogP contribution in [-0.2, 0) is 11.2 Å². The van der Waals surface area contributed by atoms with Crippen molar-refractivity contribution in [3.63, 3.8) is 0 Å². The van der Waals surface area contributed by atoms with Gasteiger partial charge in [-0.05, 0) is 35.0 Å². The molecule has 2 aromatic heterocycles. The average molecular weight is 347 g/mol. The van der Waals surface area contributed by atoms with Crippen LogP contribution in [-0.4, -0.2) is 36.1 Å². The van der Waals surface area contributed by atoms with Crippen molar-refractivity contribution in [1.82, 2.24) is 30.2 Å². The van der Waals surface area contributed by atoms with Crippen LogP contribution in [0.4, 0.5) is 5.95 Å². The Hall–Kier alpha value is -3.55. The fraction of sp³-hybridized carbons (Fsp3) is 0.167. The number of tetrazole rings is 1. The molecule has 0 saturated heterocycles. The van der Waals surface area contributed by atoms with Crippen LogP contribution >= 0.6 is 0 Å². The van der Waals surface area contributed by atoms with Crippen molar-refractivity contribution in [2.24, 2.45) is 0 Å². The Kier molecular flexibility index (Phi) is 4.14. The molecular weight excluding hydrogens is 330 g/mol. The summed E-state index contributed by atoms with van der Waals surface area (Å²) in [5.74, 6) is 0.744. The molecule has 0 radical (unpaired) electrons. The molecule has 0 saturated carbocycles. The van der Waals surface area contributed by atoms with E-state index >= 15 is 0 Å². The lowest BCUT2D eigenvalue weighted by Crippen LogP contribution is -2.29. The minimum Gasteiger partial charge on any atom is -0.324 e. The molecule has 0 aliphatic carbocycles. The van der Waals surface area contributed by atoms with E-state index in [1.165, 1.54) is 4.68 Å². The van der Waals surface area contributed by atoms with Gasteiger partial charge in [-0.3, -0.25) is 10.1 Å². The molecular formula is C18H17N7O. The van der Waals surface area contributed by atoms with Gasteiger partial charge < -0.3 is 4.98 Å². The first kappa shape index (κ1) is 15.9. The molecule has 8 nitrogen and oxygen atoms in total. The molecule has 0 spiro atoms. The van der Waals surface area contributed by atoms with Crippen molar-refractivity contribution in [2.75, 3.05) is 5.32 Å². The molecule has 0 aliphatic heterocycles. The standard InChI is InChI=1S/C18H17N7O/c1-12-22-23-24-25(12)16(11-13-7-3-2-4-8-13)17(26)21-18-19-14-9-5-6-10-15(14)20-18/h2-10,16H,11H2,1H3,(H2,19,20,21,26)/t16-/m1/s1. The van der Waals surface area contributed by atoms with E-state index in [1.807, 2.05) is 54.6 Å². The van der Waals surface area contributed by atoms with Gasteiger partial charge in [-0.25, -0.2) is 9.67 Å². The first-order valence-corrected chi connectivity index (χ1v) is 8.25. The monoisotopic (exact) mass is 347 g/mol. The Labute approximate surface area is 149 Å². The Bertz CT molecular complexity index is 1000. The van der Waals surface area contributed by atoms with Gasteiger partial charge in [0.1, 0.15) is 11.9 Å². The van der Waals surface area contributed by atoms with Crippen LogP contribution < -0.4 is 5.32 Å². The van der Waals surface area contributed by atoms with Crippen LogP contribution in [0.5, 0.6) is 0 Å². The number of para-hydroxylation sites is 2. The van der Waals surface area contributed by atoms with Gasteiger partial charge in [0, 0.05) is 6.42 Å². The predicted octanol–water partition coefficient (Wildman–Crippen LogP) is 2.28. The fourth-order valence-corrected chi connectivity index (χ4v) is 2.87. The minimum atomic E-state index is -0.583. The van der Waals surface area contributed by atoms with Gasteiger partial charge in [-0.1, -0.05) is 42.5 Å². The number of nitrogens with zero attached hydrogens (tertiary/aromatic N) is 5. The SMILES string of the molecule is Cc1nnnn1[C@H](Cc1ccccc1)C(=O)Nc1nc2ccccc2[nH]1. The van der Waals surface area contributed by atoms with Gasteiger partial charge in [-0.2, -0.15) is 0 Å². The lowest BCUT2D eigenvalue weighted by atomic mass is 10.1. The third-order valence-corrected chi connectivity index (χ3v) is 4.16. The number of aromatic amines is 1. The van der Waals surface area contributed by atoms with Crippen LogP contribution in [0.3, 0.4) is 0 Å². The number of nitrogens with one attached hydrogen (secondary N) is 2. The summed E-state index contributed by atoms with van der Waals surface area (Å²) in [6.45, 7) is 1.77. The molecule has 0 bridgehead atoms. The zero-order valence-corrected chi connectivity index (χ0v) is 14.1. The number of imidazole rings is 1. The molecule has 2 heterocycles. The maximum absolute atomic E-state index is 13.0. The van der Waals surface area contributed by atoms with Crippen LogP contribution in [0.1, 0.15) is 17.4 Å². The van der Waals surface area contributed by atoms with Gasteiger partial charge in [-0.15, -0.1) is 5.10 Å². The normalized spacial score (nSPS) is 12.2. The number of fused-ring (bicyclic) bond motifs is 1. The van der Waals surface area contributed by atoms with Crippen molar-refractivity contribution in [3.8, 4) is 0 Å². The highest BCUT2D eigenvalue weighted by Gasteiger charge is 2.25. The van der Waals surface area contributed by atoms with Crippen molar-refractivity contribution < 1.29 is 4.79 Å². The van der Waals surface area contributed by atoms with Gasteiger partial charge >= 0.3 is 0 Å². The molecule has 0 unspecified atom stereocenters. The summed E-state index contributed by atoms with van der Waals surface area (Å²) in [6.07, 6.45) is 0.471. The van der Waals surface area contributed by atoms with E-state index in [4.69, 9.17) is 0 Å². The van der Waals surface area contributed by atoms with E-state index < -0.39 is 6.04 Å². The summed E-state index contributed by atoms with van der Waals surface area (Å²) >= 11 is 0. The largest absolute Gasteiger partial charge is 0.324 e. The second kappa shape index (κ2) is 6.75. The van der Waals surface area contributed by atoms with Gasteiger partial charge in [0.2, 0.25) is 5.95 Å². The number of carbonyl (C=O) groups excluding carboxylic acids is 1. The number of hydrogen-bond acceptors (Lipinski definition) is 5. The lowest BCUT2D eigenvalue weighted by molar-refractivity contribution is -0.119. The Morgan fingerprint density at radius 2 is 1.92 bits per heavy atom. The molecule has 0 aliphatic rings. The van der Waals surface area contributed by atoms with E-state index in [0.717, 1.165) is 16.6 Å². The van der Waals surface area contributed by atoms with Gasteiger partial charge in [0.15, 0.2) is 0 Å². The summed E-state index contributed by atoms with van der Waals surface area (Å²) in [7, 11) is 0. The zero-order valence-electron chi connectivity index (χ0n) is 14.1. The second-order valence-corrected chi connectivity index (χ2v) is 5.97. The predicted molar refractivity (Wildman–Crippen MR) is 96.5 cm³/mol. The molecule has 1 amide bonds. The smallest absolute Gasteiger partial charge is 0.252 e. The van der Waals surface area contributed by atoms with E-state index in [9.17, 15) is 4.79 Å². The quantitative estimate of drug-likeness (QED) is 0.577. The molecule has 2 aromatic carbocycles. The molecule has 1 atom stereocenters. The number of carbonyl (C=O) groups is 1. The van der Waals surface area contributed by atoms with Crippen LogP contribution in [0, 0.1) is 6.92 Å². The highest BCUT2D eigenvalue weighted by molar-refractivity contribution is 5.93. The summed E-state index contributed by atoms with van der Waals surface area (Å²) < 4.78 is 1.53. The number of amides is 1. The van der Waals surface area contributed by atoms with E-state index in [-0.39, 0.29) is 5.91 Å². The molecule has 130 valence electrons. The number of rotatable bonds is 5. The molecule has 4 aromatic rings. The summed E-state index contributed by atoms with van der Waals surface area (Å²) in [5, 5.41) is 14.4. The first-order chi connectivity index (χ1) is 12.7. The number of H-pyrrole nitrogens is 1. The Balaban J connectivity index is 1.62. The molecule has 8 heteroatoms. The third-order valence-electron chi connectivity index (χ3n) is 4.16. The maximum atomic E-state index is 13.0. The van der Waals surface area contributed by atoms with Crippen molar-refractivity contribution in [1.29, 1.82) is 0 Å². The number of hydrogen-bond donors (Lipinski definition) is 2. The molecule has 0 fully saturated rings. The third kappa shape index (κ3) is 3.16. The van der Waals surface area contributed by atoms with Crippen molar-refractivity contribution in [2.45, 2.75) is 19.4 Å².